The second kappa shape index (κ2) is 5.98. The largest absolute Gasteiger partial charge is 0.326 e. The first-order chi connectivity index (χ1) is 11.5. The van der Waals surface area contributed by atoms with Gasteiger partial charge in [0.25, 0.3) is 10.0 Å². The van der Waals surface area contributed by atoms with Gasteiger partial charge in [-0.15, -0.1) is 11.3 Å². The molecule has 126 valence electrons. The zero-order valence-corrected chi connectivity index (χ0v) is 14.7. The minimum Gasteiger partial charge on any atom is -0.326 e. The van der Waals surface area contributed by atoms with Crippen LogP contribution in [0.5, 0.6) is 0 Å². The van der Waals surface area contributed by atoms with Crippen molar-refractivity contribution in [2.24, 2.45) is 5.92 Å². The number of fused-ring (bicyclic) bond motifs is 1. The van der Waals surface area contributed by atoms with Gasteiger partial charge < -0.3 is 5.32 Å². The molecule has 5 nitrogen and oxygen atoms in total. The average molecular weight is 362 g/mol. The molecule has 1 fully saturated rings. The summed E-state index contributed by atoms with van der Waals surface area (Å²) in [6.45, 7) is 0.837. The maximum Gasteiger partial charge on any atom is 0.252 e. The second-order valence-electron chi connectivity index (χ2n) is 6.27. The number of nitrogens with one attached hydrogen (secondary N) is 1. The number of thiophene rings is 1. The molecule has 0 atom stereocenters. The number of nitrogens with zero attached hydrogens (tertiary/aromatic N) is 1. The van der Waals surface area contributed by atoms with Crippen molar-refractivity contribution in [1.29, 1.82) is 0 Å². The molecule has 0 spiro atoms. The van der Waals surface area contributed by atoms with E-state index in [1.165, 1.54) is 15.6 Å². The lowest BCUT2D eigenvalue weighted by atomic mass is 10.0. The lowest BCUT2D eigenvalue weighted by molar-refractivity contribution is -0.117. The van der Waals surface area contributed by atoms with Crippen molar-refractivity contribution in [3.8, 4) is 0 Å². The van der Waals surface area contributed by atoms with Crippen LogP contribution in [0.15, 0.2) is 39.9 Å². The highest BCUT2D eigenvalue weighted by Gasteiger charge is 2.31. The minimum absolute atomic E-state index is 0.0637. The highest BCUT2D eigenvalue weighted by Crippen LogP contribution is 2.32. The second-order valence-corrected chi connectivity index (χ2v) is 9.38. The zero-order valence-electron chi connectivity index (χ0n) is 13.1. The third-order valence-corrected chi connectivity index (χ3v) is 7.71. The van der Waals surface area contributed by atoms with E-state index >= 15 is 0 Å². The lowest BCUT2D eigenvalue weighted by Crippen LogP contribution is -2.35. The number of hydrogen-bond acceptors (Lipinski definition) is 4. The van der Waals surface area contributed by atoms with Crippen molar-refractivity contribution in [3.05, 3.63) is 46.8 Å². The molecule has 1 saturated carbocycles. The van der Waals surface area contributed by atoms with E-state index < -0.39 is 10.0 Å². The Hall–Kier alpha value is -1.70. The number of hydrogen-bond donors (Lipinski definition) is 1. The third-order valence-electron chi connectivity index (χ3n) is 4.49. The van der Waals surface area contributed by atoms with Crippen LogP contribution in [0.4, 0.5) is 5.69 Å². The quantitative estimate of drug-likeness (QED) is 0.909. The Labute approximate surface area is 145 Å². The molecule has 2 aliphatic rings. The van der Waals surface area contributed by atoms with Gasteiger partial charge in [0.05, 0.1) is 0 Å². The Bertz CT molecular complexity index is 871. The zero-order chi connectivity index (χ0) is 16.7. The molecule has 1 amide bonds. The summed E-state index contributed by atoms with van der Waals surface area (Å²) in [4.78, 5) is 11.9. The Morgan fingerprint density at radius 3 is 2.75 bits per heavy atom. The molecule has 24 heavy (non-hydrogen) atoms. The van der Waals surface area contributed by atoms with Gasteiger partial charge in [-0.25, -0.2) is 8.42 Å². The fourth-order valence-corrected chi connectivity index (χ4v) is 5.50. The van der Waals surface area contributed by atoms with Crippen LogP contribution in [0.2, 0.25) is 0 Å². The highest BCUT2D eigenvalue weighted by atomic mass is 32.2. The molecule has 1 N–H and O–H groups in total. The number of carbonyl (C=O) groups excluding carboxylic acids is 1. The Morgan fingerprint density at radius 2 is 2.04 bits per heavy atom. The van der Waals surface area contributed by atoms with Crippen molar-refractivity contribution in [2.75, 3.05) is 11.9 Å². The summed E-state index contributed by atoms with van der Waals surface area (Å²) in [5.74, 6) is 0.213. The summed E-state index contributed by atoms with van der Waals surface area (Å²) < 4.78 is 27.3. The summed E-state index contributed by atoms with van der Waals surface area (Å²) in [7, 11) is -3.44. The van der Waals surface area contributed by atoms with Crippen LogP contribution < -0.4 is 5.32 Å². The average Bonchev–Trinajstić information content (AvgIpc) is 3.28. The molecule has 1 aromatic carbocycles. The standard InChI is InChI=1S/C17H18N2O3S2/c20-17(13-3-4-13)18-15-6-5-12-7-8-19(11-14(12)10-15)24(21,22)16-2-1-9-23-16/h1-2,5-6,9-10,13H,3-4,7-8,11H2,(H,18,20). The number of sulfonamides is 1. The van der Waals surface area contributed by atoms with Gasteiger partial charge in [0.2, 0.25) is 5.91 Å². The molecule has 2 aromatic rings. The van der Waals surface area contributed by atoms with Gasteiger partial charge in [0.1, 0.15) is 4.21 Å². The van der Waals surface area contributed by atoms with E-state index in [-0.39, 0.29) is 11.8 Å². The van der Waals surface area contributed by atoms with Crippen LogP contribution in [0.25, 0.3) is 0 Å². The predicted molar refractivity (Wildman–Crippen MR) is 93.4 cm³/mol. The van der Waals surface area contributed by atoms with Crippen LogP contribution in [-0.2, 0) is 27.8 Å². The number of carbonyl (C=O) groups is 1. The molecule has 0 unspecified atom stereocenters. The molecule has 7 heteroatoms. The maximum atomic E-state index is 12.7. The molecule has 2 heterocycles. The van der Waals surface area contributed by atoms with Gasteiger partial charge in [0, 0.05) is 24.7 Å². The van der Waals surface area contributed by atoms with Crippen molar-refractivity contribution < 1.29 is 13.2 Å². The SMILES string of the molecule is O=C(Nc1ccc2c(c1)CN(S(=O)(=O)c1cccs1)CC2)C1CC1. The van der Waals surface area contributed by atoms with Crippen molar-refractivity contribution in [2.45, 2.75) is 30.0 Å². The van der Waals surface area contributed by atoms with E-state index in [0.29, 0.717) is 23.7 Å². The summed E-state index contributed by atoms with van der Waals surface area (Å²) in [5, 5.41) is 4.70. The van der Waals surface area contributed by atoms with Crippen molar-refractivity contribution >= 4 is 33.0 Å². The number of benzene rings is 1. The molecule has 1 aliphatic carbocycles. The van der Waals surface area contributed by atoms with E-state index in [2.05, 4.69) is 5.32 Å². The van der Waals surface area contributed by atoms with Crippen LogP contribution >= 0.6 is 11.3 Å². The topological polar surface area (TPSA) is 66.5 Å². The normalized spacial score (nSPS) is 18.2. The highest BCUT2D eigenvalue weighted by molar-refractivity contribution is 7.91. The monoisotopic (exact) mass is 362 g/mol. The molecule has 0 radical (unpaired) electrons. The van der Waals surface area contributed by atoms with Crippen LogP contribution in [0, 0.1) is 5.92 Å². The van der Waals surface area contributed by atoms with Gasteiger partial charge in [-0.3, -0.25) is 4.79 Å². The fraction of sp³-hybridized carbons (Fsp3) is 0.353. The van der Waals surface area contributed by atoms with E-state index in [0.717, 1.165) is 29.7 Å². The molecule has 4 rings (SSSR count). The lowest BCUT2D eigenvalue weighted by Gasteiger charge is -2.28. The number of rotatable bonds is 4. The first kappa shape index (κ1) is 15.8. The molecule has 1 aromatic heterocycles. The summed E-state index contributed by atoms with van der Waals surface area (Å²) in [6.07, 6.45) is 2.62. The van der Waals surface area contributed by atoms with E-state index in [1.54, 1.807) is 17.5 Å². The summed E-state index contributed by atoms with van der Waals surface area (Å²) in [6, 6.07) is 9.20. The van der Waals surface area contributed by atoms with Gasteiger partial charge in [-0.1, -0.05) is 12.1 Å². The smallest absolute Gasteiger partial charge is 0.252 e. The Balaban J connectivity index is 1.56. The van der Waals surface area contributed by atoms with E-state index in [4.69, 9.17) is 0 Å². The molecule has 1 aliphatic heterocycles. The van der Waals surface area contributed by atoms with Gasteiger partial charge >= 0.3 is 0 Å². The molecular weight excluding hydrogens is 344 g/mol. The maximum absolute atomic E-state index is 12.7. The minimum atomic E-state index is -3.44. The fourth-order valence-electron chi connectivity index (χ4n) is 2.94. The summed E-state index contributed by atoms with van der Waals surface area (Å²) in [5.41, 5.74) is 2.87. The van der Waals surface area contributed by atoms with Gasteiger partial charge in [0.15, 0.2) is 0 Å². The van der Waals surface area contributed by atoms with Crippen LogP contribution in [-0.4, -0.2) is 25.2 Å². The predicted octanol–water partition coefficient (Wildman–Crippen LogP) is 2.84. The number of anilines is 1. The Kier molecular flexibility index (Phi) is 3.94. The first-order valence-corrected chi connectivity index (χ1v) is 10.3. The first-order valence-electron chi connectivity index (χ1n) is 8.00. The number of amides is 1. The summed E-state index contributed by atoms with van der Waals surface area (Å²) >= 11 is 1.24. The Morgan fingerprint density at radius 1 is 1.21 bits per heavy atom. The van der Waals surface area contributed by atoms with Gasteiger partial charge in [-0.05, 0) is 54.0 Å². The molecule has 0 bridgehead atoms. The third kappa shape index (κ3) is 2.99. The van der Waals surface area contributed by atoms with E-state index in [1.807, 2.05) is 18.2 Å². The van der Waals surface area contributed by atoms with Crippen molar-refractivity contribution in [1.82, 2.24) is 4.31 Å². The molecule has 0 saturated heterocycles. The van der Waals surface area contributed by atoms with Crippen LogP contribution in [0.3, 0.4) is 0 Å². The van der Waals surface area contributed by atoms with E-state index in [9.17, 15) is 13.2 Å². The van der Waals surface area contributed by atoms with Gasteiger partial charge in [-0.2, -0.15) is 4.31 Å². The molecular formula is C17H18N2O3S2. The van der Waals surface area contributed by atoms with Crippen LogP contribution in [0.1, 0.15) is 24.0 Å². The van der Waals surface area contributed by atoms with Crippen molar-refractivity contribution in [3.63, 3.8) is 0 Å².